The van der Waals surface area contributed by atoms with Gasteiger partial charge in [0.25, 0.3) is 18.1 Å². The fourth-order valence-corrected chi connectivity index (χ4v) is 10.0. The molecule has 2 amide bonds. The molecule has 13 nitrogen and oxygen atoms in total. The average molecular weight is 904 g/mol. The molecule has 0 radical (unpaired) electrons. The number of esters is 2. The third-order valence-electron chi connectivity index (χ3n) is 11.1. The molecular weight excluding hydrogens is 863 g/mol. The molecule has 1 unspecified atom stereocenters. The van der Waals surface area contributed by atoms with Crippen molar-refractivity contribution in [1.82, 2.24) is 15.2 Å². The van der Waals surface area contributed by atoms with E-state index in [0.29, 0.717) is 21.8 Å². The largest absolute Gasteiger partial charge is 0.452 e. The molecule has 1 aromatic heterocycles. The minimum atomic E-state index is -1.12. The Hall–Kier alpha value is -7.49. The number of cyclic esters (lactones) is 1. The number of thiazole rings is 1. The molecule has 0 aliphatic carbocycles. The van der Waals surface area contributed by atoms with Crippen LogP contribution in [0.5, 0.6) is 0 Å². The first-order chi connectivity index (χ1) is 31.7. The molecule has 0 bridgehead atoms. The second kappa shape index (κ2) is 18.7. The van der Waals surface area contributed by atoms with Crippen LogP contribution in [-0.2, 0) is 43.8 Å². The highest BCUT2D eigenvalue weighted by Crippen LogP contribution is 2.44. The number of fused-ring (bicyclic) bond motifs is 1. The van der Waals surface area contributed by atoms with Crippen molar-refractivity contribution < 1.29 is 38.2 Å². The summed E-state index contributed by atoms with van der Waals surface area (Å²) in [7, 11) is 1.32. The van der Waals surface area contributed by atoms with Crippen LogP contribution in [0.2, 0.25) is 0 Å². The summed E-state index contributed by atoms with van der Waals surface area (Å²) < 4.78 is 17.7. The monoisotopic (exact) mass is 903 g/mol. The first kappa shape index (κ1) is 42.8. The van der Waals surface area contributed by atoms with E-state index in [2.05, 4.69) is 52.2 Å². The highest BCUT2D eigenvalue weighted by molar-refractivity contribution is 8.00. The number of nitrogens with zero attached hydrogens (tertiary/aromatic N) is 3. The number of oxime groups is 1. The third kappa shape index (κ3) is 8.50. The van der Waals surface area contributed by atoms with Crippen LogP contribution in [0.1, 0.15) is 46.5 Å². The molecule has 1 fully saturated rings. The lowest BCUT2D eigenvalue weighted by atomic mass is 9.77. The van der Waals surface area contributed by atoms with Gasteiger partial charge in [-0.15, -0.1) is 23.1 Å². The van der Waals surface area contributed by atoms with Crippen molar-refractivity contribution in [2.45, 2.75) is 36.3 Å². The van der Waals surface area contributed by atoms with Gasteiger partial charge >= 0.3 is 11.9 Å². The van der Waals surface area contributed by atoms with E-state index in [1.165, 1.54) is 41.2 Å². The Bertz CT molecular complexity index is 2670. The van der Waals surface area contributed by atoms with Crippen LogP contribution in [0.4, 0.5) is 5.13 Å². The van der Waals surface area contributed by atoms with Gasteiger partial charge in [-0.25, -0.2) is 14.6 Å². The maximum atomic E-state index is 14.5. The van der Waals surface area contributed by atoms with Gasteiger partial charge in [-0.3, -0.25) is 14.5 Å². The fourth-order valence-electron chi connectivity index (χ4n) is 8.01. The van der Waals surface area contributed by atoms with Gasteiger partial charge in [0.15, 0.2) is 22.6 Å². The van der Waals surface area contributed by atoms with Crippen molar-refractivity contribution in [2.75, 3.05) is 18.2 Å². The molecule has 326 valence electrons. The van der Waals surface area contributed by atoms with Crippen molar-refractivity contribution in [3.8, 4) is 0 Å². The molecule has 0 spiro atoms. The molecule has 3 aliphatic heterocycles. The van der Waals surface area contributed by atoms with Crippen LogP contribution < -0.4 is 10.6 Å². The topological polar surface area (TPSA) is 158 Å². The highest BCUT2D eigenvalue weighted by Gasteiger charge is 2.56. The average Bonchev–Trinajstić information content (AvgIpc) is 3.95. The number of thioether (sulfide) groups is 1. The number of nitrogens with one attached hydrogen (secondary N) is 2. The van der Waals surface area contributed by atoms with E-state index in [1.54, 1.807) is 12.3 Å². The first-order valence-corrected chi connectivity index (χ1v) is 22.6. The van der Waals surface area contributed by atoms with Crippen molar-refractivity contribution in [3.63, 3.8) is 0 Å². The number of anilines is 1. The van der Waals surface area contributed by atoms with Crippen LogP contribution in [0, 0.1) is 0 Å². The number of β-lactam (4-membered cyclic amide) rings is 1. The van der Waals surface area contributed by atoms with E-state index >= 15 is 0 Å². The van der Waals surface area contributed by atoms with E-state index in [0.717, 1.165) is 16.7 Å². The summed E-state index contributed by atoms with van der Waals surface area (Å²) in [5, 5.41) is 12.1. The Morgan fingerprint density at radius 3 is 1.86 bits per heavy atom. The van der Waals surface area contributed by atoms with E-state index < -0.39 is 53.1 Å². The van der Waals surface area contributed by atoms with Gasteiger partial charge in [0.05, 0.1) is 5.75 Å². The molecule has 6 aromatic rings. The Morgan fingerprint density at radius 1 is 0.815 bits per heavy atom. The zero-order chi connectivity index (χ0) is 44.9. The lowest BCUT2D eigenvalue weighted by Crippen LogP contribution is -2.71. The summed E-state index contributed by atoms with van der Waals surface area (Å²) in [4.78, 5) is 66.4. The van der Waals surface area contributed by atoms with E-state index in [9.17, 15) is 19.2 Å². The molecule has 2 N–H and O–H groups in total. The van der Waals surface area contributed by atoms with Gasteiger partial charge in [0.2, 0.25) is 0 Å². The number of hydrogen-bond acceptors (Lipinski definition) is 13. The predicted molar refractivity (Wildman–Crippen MR) is 246 cm³/mol. The molecule has 9 rings (SSSR count). The van der Waals surface area contributed by atoms with Crippen molar-refractivity contribution >= 4 is 57.7 Å². The summed E-state index contributed by atoms with van der Waals surface area (Å²) >= 11 is 2.54. The van der Waals surface area contributed by atoms with Gasteiger partial charge in [-0.2, -0.15) is 0 Å². The van der Waals surface area contributed by atoms with Gasteiger partial charge in [0.1, 0.15) is 35.5 Å². The third-order valence-corrected chi connectivity index (χ3v) is 13.1. The molecular formula is C50H41N5O8S2. The highest BCUT2D eigenvalue weighted by atomic mass is 32.2. The SMILES string of the molecule is CO/N=C(\C(=O)N[C@@H]1C(=O)N2C(C(=O)OC(c3ccccc3)c3ccccc3)=C(OC3C=C(C)C(=O)O3)CS[C@@H]12)c1csc(NC(c2ccccc2)(c2ccccc2)c2ccccc2)n1. The second-order valence-electron chi connectivity index (χ2n) is 15.1. The number of rotatable bonds is 15. The van der Waals surface area contributed by atoms with Crippen molar-refractivity contribution in [3.05, 3.63) is 214 Å². The van der Waals surface area contributed by atoms with Crippen LogP contribution in [0.15, 0.2) is 185 Å². The number of aromatic nitrogens is 1. The summed E-state index contributed by atoms with van der Waals surface area (Å²) in [6.07, 6.45) is -0.464. The van der Waals surface area contributed by atoms with Gasteiger partial charge in [-0.05, 0) is 34.7 Å². The molecule has 65 heavy (non-hydrogen) atoms. The van der Waals surface area contributed by atoms with Crippen LogP contribution in [-0.4, -0.2) is 69.9 Å². The van der Waals surface area contributed by atoms with Gasteiger partial charge < -0.3 is 29.7 Å². The Kier molecular flexibility index (Phi) is 12.3. The van der Waals surface area contributed by atoms with E-state index in [1.807, 2.05) is 115 Å². The van der Waals surface area contributed by atoms with Crippen LogP contribution in [0.25, 0.3) is 0 Å². The summed E-state index contributed by atoms with van der Waals surface area (Å²) in [6.45, 7) is 1.59. The van der Waals surface area contributed by atoms with Crippen molar-refractivity contribution in [1.29, 1.82) is 0 Å². The molecule has 15 heteroatoms. The quantitative estimate of drug-likeness (QED) is 0.0343. The maximum Gasteiger partial charge on any atom is 0.359 e. The number of ether oxygens (including phenoxy) is 3. The Labute approximate surface area is 382 Å². The van der Waals surface area contributed by atoms with E-state index in [4.69, 9.17) is 24.0 Å². The number of hydrogen-bond donors (Lipinski definition) is 2. The maximum absolute atomic E-state index is 14.5. The smallest absolute Gasteiger partial charge is 0.359 e. The summed E-state index contributed by atoms with van der Waals surface area (Å²) in [6, 6.07) is 47.5. The molecule has 1 saturated heterocycles. The van der Waals surface area contributed by atoms with Crippen LogP contribution >= 0.6 is 23.1 Å². The minimum Gasteiger partial charge on any atom is -0.452 e. The lowest BCUT2D eigenvalue weighted by molar-refractivity contribution is -0.158. The summed E-state index contributed by atoms with van der Waals surface area (Å²) in [5.41, 5.74) is 3.66. The first-order valence-electron chi connectivity index (χ1n) is 20.6. The zero-order valence-corrected chi connectivity index (χ0v) is 36.7. The number of carbonyl (C=O) groups is 4. The molecule has 4 heterocycles. The van der Waals surface area contributed by atoms with Gasteiger partial charge in [0, 0.05) is 17.0 Å². The number of benzene rings is 5. The van der Waals surface area contributed by atoms with E-state index in [-0.39, 0.29) is 28.6 Å². The standard InChI is InChI=1S/C50H41N5O8S2/c1-31-28-39(62-47(31)58)61-38-30-64-46-41(45(57)55(46)42(38)48(59)63-43(32-18-8-3-9-19-32)33-20-10-4-11-21-33)52-44(56)40(54-60-2)37-29-65-49(51-37)53-50(34-22-12-5-13-23-34,35-24-14-6-15-25-35)36-26-16-7-17-27-36/h3-29,39,41,43,46H,30H2,1-2H3,(H,51,53)(H,52,56)/b54-40-/t39?,41-,46+/m1/s1. The number of amides is 2. The summed E-state index contributed by atoms with van der Waals surface area (Å²) in [5.74, 6) is -2.54. The Morgan fingerprint density at radius 2 is 1.35 bits per heavy atom. The molecule has 0 saturated carbocycles. The Balaban J connectivity index is 0.987. The molecule has 3 atom stereocenters. The normalized spacial score (nSPS) is 18.3. The lowest BCUT2D eigenvalue weighted by Gasteiger charge is -2.49. The number of carbonyl (C=O) groups excluding carboxylic acids is 4. The van der Waals surface area contributed by atoms with Crippen molar-refractivity contribution in [2.24, 2.45) is 5.16 Å². The fraction of sp³-hybridized carbons (Fsp3) is 0.160. The molecule has 5 aromatic carbocycles. The molecule has 3 aliphatic rings. The van der Waals surface area contributed by atoms with Gasteiger partial charge in [-0.1, -0.05) is 157 Å². The predicted octanol–water partition coefficient (Wildman–Crippen LogP) is 7.69. The zero-order valence-electron chi connectivity index (χ0n) is 35.0. The van der Waals surface area contributed by atoms with Crippen LogP contribution in [0.3, 0.4) is 0 Å². The minimum absolute atomic E-state index is 0.0830. The second-order valence-corrected chi connectivity index (χ2v) is 17.1.